The molecule has 0 aromatic carbocycles. The van der Waals surface area contributed by atoms with E-state index in [9.17, 15) is 25.5 Å². The molecule has 0 aromatic rings. The third kappa shape index (κ3) is 9.24. The van der Waals surface area contributed by atoms with Crippen molar-refractivity contribution < 1.29 is 80.6 Å². The van der Waals surface area contributed by atoms with Crippen LogP contribution in [-0.4, -0.2) is 123 Å². The molecule has 6 aliphatic rings. The van der Waals surface area contributed by atoms with Gasteiger partial charge in [-0.3, -0.25) is 0 Å². The van der Waals surface area contributed by atoms with Crippen molar-refractivity contribution in [3.8, 4) is 0 Å². The van der Waals surface area contributed by atoms with E-state index >= 15 is 0 Å². The number of rotatable bonds is 6. The molecule has 10 nitrogen and oxygen atoms in total. The first-order chi connectivity index (χ1) is 16.9. The Morgan fingerprint density at radius 1 is 0.806 bits per heavy atom. The van der Waals surface area contributed by atoms with Gasteiger partial charge in [-0.2, -0.15) is 11.8 Å². The number of fused-ring (bicyclic) bond motifs is 12. The second kappa shape index (κ2) is 17.3. The fraction of sp³-hybridized carbons (Fsp3) is 1.00. The maximum Gasteiger partial charge on any atom is 1.00 e. The van der Waals surface area contributed by atoms with E-state index in [0.717, 1.165) is 38.5 Å². The van der Waals surface area contributed by atoms with E-state index in [0.29, 0.717) is 30.0 Å². The summed E-state index contributed by atoms with van der Waals surface area (Å²) in [4.78, 5) is 0. The molecule has 6 rings (SSSR count). The molecule has 6 fully saturated rings. The average molecular weight is 614 g/mol. The van der Waals surface area contributed by atoms with E-state index < -0.39 is 43.1 Å². The summed E-state index contributed by atoms with van der Waals surface area (Å²) in [5, 5.41) is 58.8. The van der Waals surface area contributed by atoms with E-state index in [2.05, 4.69) is 15.9 Å². The molecular weight excluding hydrogens is 571 g/mol. The van der Waals surface area contributed by atoms with Crippen LogP contribution in [0, 0.1) is 11.8 Å². The standard InChI is InChI=1S/C13H24O6S.C10H17BrO4.Na.H/c14-5-8(15)6-20-7-10-9-3-1-2-4-18-13(19-10)12(17)11(9)16;11-5-7-6-3-1-2-4-14-10(15-7)9(13)8(6)12;;/h8-17H,1-7H2;6-10,12-13H,1-5H2;;/q;;+1;-1/t8?,9-,10?,11+,12?,13+;6-,7?,8+,9?,10+;;/m11../s1. The normalized spacial score (nSPS) is 41.8. The van der Waals surface area contributed by atoms with Gasteiger partial charge in [0.1, 0.15) is 12.2 Å². The van der Waals surface area contributed by atoms with Crippen molar-refractivity contribution in [2.45, 2.75) is 93.8 Å². The second-order valence-electron chi connectivity index (χ2n) is 9.64. The molecule has 5 unspecified atom stereocenters. The summed E-state index contributed by atoms with van der Waals surface area (Å²) < 4.78 is 22.3. The minimum absolute atomic E-state index is 0. The molecule has 6 N–H and O–H groups in total. The van der Waals surface area contributed by atoms with Crippen LogP contribution in [0.3, 0.4) is 0 Å². The van der Waals surface area contributed by atoms with Crippen LogP contribution in [0.25, 0.3) is 0 Å². The number of halogens is 1. The summed E-state index contributed by atoms with van der Waals surface area (Å²) in [5.74, 6) is 0.928. The summed E-state index contributed by atoms with van der Waals surface area (Å²) in [7, 11) is 0. The molecule has 4 bridgehead atoms. The van der Waals surface area contributed by atoms with Gasteiger partial charge in [-0.05, 0) is 25.7 Å². The van der Waals surface area contributed by atoms with Crippen LogP contribution in [0.2, 0.25) is 0 Å². The van der Waals surface area contributed by atoms with E-state index in [4.69, 9.17) is 24.1 Å². The topological polar surface area (TPSA) is 158 Å². The summed E-state index contributed by atoms with van der Waals surface area (Å²) in [6, 6.07) is 0. The first kappa shape index (κ1) is 33.6. The Balaban J connectivity index is 0.000000363. The molecule has 0 amide bonds. The number of alkyl halides is 1. The summed E-state index contributed by atoms with van der Waals surface area (Å²) >= 11 is 4.85. The van der Waals surface area contributed by atoms with Crippen LogP contribution in [0.5, 0.6) is 0 Å². The number of aliphatic hydroxyl groups excluding tert-OH is 6. The molecule has 36 heavy (non-hydrogen) atoms. The predicted molar refractivity (Wildman–Crippen MR) is 133 cm³/mol. The molecule has 6 aliphatic heterocycles. The number of hydrogen-bond acceptors (Lipinski definition) is 11. The molecular formula is C23H42BrNaO10S. The van der Waals surface area contributed by atoms with Gasteiger partial charge in [-0.15, -0.1) is 0 Å². The van der Waals surface area contributed by atoms with Crippen molar-refractivity contribution in [3.05, 3.63) is 0 Å². The molecule has 0 spiro atoms. The van der Waals surface area contributed by atoms with Crippen LogP contribution >= 0.6 is 27.7 Å². The summed E-state index contributed by atoms with van der Waals surface area (Å²) in [6.45, 7) is 0.870. The Kier molecular flexibility index (Phi) is 16.2. The largest absolute Gasteiger partial charge is 1.00 e. The summed E-state index contributed by atoms with van der Waals surface area (Å²) in [6.07, 6.45) is -0.436. The SMILES string of the molecule is OC1[C@H]2OCCCC[C@H](C(CBr)O2)[C@@H]1O.OCC(O)CSCC1O[C@@H]2OCCCC[C@H]1[C@H](O)C2O.[H-].[Na+]. The first-order valence-electron chi connectivity index (χ1n) is 12.6. The predicted octanol–water partition coefficient (Wildman–Crippen LogP) is -2.90. The number of aliphatic hydroxyl groups is 6. The molecule has 0 radical (unpaired) electrons. The quantitative estimate of drug-likeness (QED) is 0.135. The zero-order valence-electron chi connectivity index (χ0n) is 21.9. The minimum atomic E-state index is -0.998. The van der Waals surface area contributed by atoms with Crippen LogP contribution in [0.1, 0.15) is 40.0 Å². The van der Waals surface area contributed by atoms with Gasteiger partial charge in [0.05, 0.1) is 37.1 Å². The van der Waals surface area contributed by atoms with E-state index in [1.54, 1.807) is 0 Å². The number of ether oxygens (including phenoxy) is 4. The smallest absolute Gasteiger partial charge is 1.00 e. The molecule has 6 saturated heterocycles. The monoisotopic (exact) mass is 612 g/mol. The maximum atomic E-state index is 10.2. The van der Waals surface area contributed by atoms with Crippen molar-refractivity contribution in [2.75, 3.05) is 36.7 Å². The third-order valence-electron chi connectivity index (χ3n) is 7.09. The van der Waals surface area contributed by atoms with Crippen molar-refractivity contribution in [1.82, 2.24) is 0 Å². The van der Waals surface area contributed by atoms with Crippen molar-refractivity contribution >= 4 is 27.7 Å². The van der Waals surface area contributed by atoms with E-state index in [1.807, 2.05) is 0 Å². The van der Waals surface area contributed by atoms with Crippen molar-refractivity contribution in [3.63, 3.8) is 0 Å². The Morgan fingerprint density at radius 2 is 1.31 bits per heavy atom. The van der Waals surface area contributed by atoms with Crippen LogP contribution in [-0.2, 0) is 18.9 Å². The molecule has 6 heterocycles. The molecule has 0 aromatic heterocycles. The third-order valence-corrected chi connectivity index (χ3v) is 8.91. The van der Waals surface area contributed by atoms with Crippen LogP contribution in [0.4, 0.5) is 0 Å². The minimum Gasteiger partial charge on any atom is -1.00 e. The first-order valence-corrected chi connectivity index (χ1v) is 14.8. The molecule has 0 aliphatic carbocycles. The number of hydrogen-bond donors (Lipinski definition) is 6. The van der Waals surface area contributed by atoms with Gasteiger partial charge in [0.2, 0.25) is 0 Å². The molecule has 208 valence electrons. The zero-order chi connectivity index (χ0) is 25.4. The Hall–Kier alpha value is 1.43. The van der Waals surface area contributed by atoms with E-state index in [1.165, 1.54) is 11.8 Å². The Morgan fingerprint density at radius 3 is 1.81 bits per heavy atom. The Labute approximate surface area is 249 Å². The zero-order valence-corrected chi connectivity index (χ0v) is 25.3. The van der Waals surface area contributed by atoms with Gasteiger partial charge in [0.15, 0.2) is 12.6 Å². The molecule has 0 saturated carbocycles. The van der Waals surface area contributed by atoms with Gasteiger partial charge in [0.25, 0.3) is 0 Å². The molecule has 13 heteroatoms. The fourth-order valence-corrected chi connectivity index (χ4v) is 6.72. The number of thioether (sulfide) groups is 1. The maximum absolute atomic E-state index is 10.2. The molecule has 11 atom stereocenters. The average Bonchev–Trinajstić information content (AvgIpc) is 3.09. The fourth-order valence-electron chi connectivity index (χ4n) is 5.01. The van der Waals surface area contributed by atoms with Gasteiger partial charge in [-0.1, -0.05) is 28.8 Å². The van der Waals surface area contributed by atoms with Crippen molar-refractivity contribution in [1.29, 1.82) is 0 Å². The second-order valence-corrected chi connectivity index (χ2v) is 11.4. The van der Waals surface area contributed by atoms with Gasteiger partial charge in [0, 0.05) is 41.9 Å². The summed E-state index contributed by atoms with van der Waals surface area (Å²) in [5.41, 5.74) is 0. The Bertz CT molecular complexity index is 614. The van der Waals surface area contributed by atoms with Crippen LogP contribution in [0.15, 0.2) is 0 Å². The van der Waals surface area contributed by atoms with E-state index in [-0.39, 0.29) is 61.6 Å². The van der Waals surface area contributed by atoms with Gasteiger partial charge >= 0.3 is 29.6 Å². The van der Waals surface area contributed by atoms with Crippen LogP contribution < -0.4 is 29.6 Å². The van der Waals surface area contributed by atoms with Crippen molar-refractivity contribution in [2.24, 2.45) is 11.8 Å². The van der Waals surface area contributed by atoms with Gasteiger partial charge < -0.3 is 51.0 Å². The van der Waals surface area contributed by atoms with Gasteiger partial charge in [-0.25, -0.2) is 0 Å².